The molecular formula is C21H26ClN3O3. The minimum Gasteiger partial charge on any atom is -0.496 e. The second-order valence-corrected chi connectivity index (χ2v) is 7.35. The van der Waals surface area contributed by atoms with E-state index < -0.39 is 0 Å². The van der Waals surface area contributed by atoms with Crippen molar-refractivity contribution in [2.45, 2.75) is 25.0 Å². The molecule has 0 radical (unpaired) electrons. The molecule has 1 aliphatic heterocycles. The molecule has 28 heavy (non-hydrogen) atoms. The first-order valence-corrected chi connectivity index (χ1v) is 9.68. The molecule has 1 heterocycles. The smallest absolute Gasteiger partial charge is 0.255 e. The quantitative estimate of drug-likeness (QED) is 0.663. The highest BCUT2D eigenvalue weighted by Gasteiger charge is 2.33. The number of aliphatic hydroxyl groups is 1. The largest absolute Gasteiger partial charge is 0.496 e. The molecule has 2 aromatic rings. The van der Waals surface area contributed by atoms with Crippen LogP contribution >= 0.6 is 11.6 Å². The molecule has 0 bridgehead atoms. The number of rotatable bonds is 7. The van der Waals surface area contributed by atoms with Crippen LogP contribution in [-0.4, -0.2) is 55.3 Å². The predicted molar refractivity (Wildman–Crippen MR) is 111 cm³/mol. The van der Waals surface area contributed by atoms with Crippen molar-refractivity contribution >= 4 is 23.2 Å². The lowest BCUT2D eigenvalue weighted by atomic mass is 10.1. The molecule has 3 N–H and O–H groups in total. The van der Waals surface area contributed by atoms with Gasteiger partial charge in [-0.2, -0.15) is 0 Å². The third-order valence-electron chi connectivity index (χ3n) is 5.11. The van der Waals surface area contributed by atoms with Crippen LogP contribution < -0.4 is 15.4 Å². The number of aliphatic hydroxyl groups excluding tert-OH is 1. The van der Waals surface area contributed by atoms with Gasteiger partial charge in [0.1, 0.15) is 5.75 Å². The van der Waals surface area contributed by atoms with Gasteiger partial charge in [0, 0.05) is 38.3 Å². The maximum Gasteiger partial charge on any atom is 0.255 e. The Hall–Kier alpha value is -2.28. The third kappa shape index (κ3) is 4.58. The molecule has 0 saturated carbocycles. The summed E-state index contributed by atoms with van der Waals surface area (Å²) >= 11 is 6.24. The van der Waals surface area contributed by atoms with Gasteiger partial charge in [-0.3, -0.25) is 9.69 Å². The normalized spacial score (nSPS) is 19.4. The number of hydrogen-bond acceptors (Lipinski definition) is 5. The van der Waals surface area contributed by atoms with E-state index in [1.54, 1.807) is 19.2 Å². The van der Waals surface area contributed by atoms with E-state index in [1.165, 1.54) is 12.7 Å². The summed E-state index contributed by atoms with van der Waals surface area (Å²) in [6.45, 7) is 1.48. The summed E-state index contributed by atoms with van der Waals surface area (Å²) in [6.07, 6.45) is 0.694. The van der Waals surface area contributed by atoms with Crippen LogP contribution in [0.4, 0.5) is 5.69 Å². The number of amides is 1. The molecule has 1 saturated heterocycles. The molecule has 0 unspecified atom stereocenters. The van der Waals surface area contributed by atoms with E-state index in [0.717, 1.165) is 6.54 Å². The molecule has 0 spiro atoms. The SMILES string of the molecule is CNc1cc(OC)c(C(=O)N[C@H]2C[C@@H](CO)N(Cc3ccccc3)C2)cc1Cl. The van der Waals surface area contributed by atoms with Crippen molar-refractivity contribution in [2.24, 2.45) is 0 Å². The number of ether oxygens (including phenoxy) is 1. The van der Waals surface area contributed by atoms with Crippen LogP contribution in [0.1, 0.15) is 22.3 Å². The molecular weight excluding hydrogens is 378 g/mol. The fraction of sp³-hybridized carbons (Fsp3) is 0.381. The number of nitrogens with one attached hydrogen (secondary N) is 2. The van der Waals surface area contributed by atoms with Crippen LogP contribution in [-0.2, 0) is 6.54 Å². The van der Waals surface area contributed by atoms with Crippen LogP contribution in [0.25, 0.3) is 0 Å². The van der Waals surface area contributed by atoms with Crippen molar-refractivity contribution in [2.75, 3.05) is 32.6 Å². The first kappa shape index (κ1) is 20.5. The second-order valence-electron chi connectivity index (χ2n) is 6.94. The zero-order valence-corrected chi connectivity index (χ0v) is 16.9. The van der Waals surface area contributed by atoms with Gasteiger partial charge in [0.15, 0.2) is 0 Å². The van der Waals surface area contributed by atoms with Crippen LogP contribution in [0, 0.1) is 0 Å². The lowest BCUT2D eigenvalue weighted by Crippen LogP contribution is -2.37. The topological polar surface area (TPSA) is 73.8 Å². The van der Waals surface area contributed by atoms with Gasteiger partial charge in [-0.1, -0.05) is 41.9 Å². The Morgan fingerprint density at radius 1 is 1.32 bits per heavy atom. The number of nitrogens with zero attached hydrogens (tertiary/aromatic N) is 1. The zero-order valence-electron chi connectivity index (χ0n) is 16.1. The summed E-state index contributed by atoms with van der Waals surface area (Å²) < 4.78 is 5.36. The number of carbonyl (C=O) groups excluding carboxylic acids is 1. The van der Waals surface area contributed by atoms with Crippen molar-refractivity contribution in [1.82, 2.24) is 10.2 Å². The van der Waals surface area contributed by atoms with Gasteiger partial charge in [-0.25, -0.2) is 0 Å². The van der Waals surface area contributed by atoms with Crippen molar-refractivity contribution < 1.29 is 14.6 Å². The molecule has 6 nitrogen and oxygen atoms in total. The Morgan fingerprint density at radius 2 is 2.07 bits per heavy atom. The standard InChI is InChI=1S/C21H26ClN3O3/c1-23-19-10-20(28-2)17(9-18(19)22)21(27)24-15-8-16(13-26)25(12-15)11-14-6-4-3-5-7-14/h3-7,9-10,15-16,23,26H,8,11-13H2,1-2H3,(H,24,27)/t15-,16-/m0/s1. The average molecular weight is 404 g/mol. The van der Waals surface area contributed by atoms with Gasteiger partial charge in [0.05, 0.1) is 30.0 Å². The summed E-state index contributed by atoms with van der Waals surface area (Å²) in [4.78, 5) is 15.0. The first-order valence-electron chi connectivity index (χ1n) is 9.30. The molecule has 0 aliphatic carbocycles. The molecule has 2 atom stereocenters. The average Bonchev–Trinajstić information content (AvgIpc) is 3.09. The van der Waals surface area contributed by atoms with E-state index in [0.29, 0.717) is 35.0 Å². The van der Waals surface area contributed by atoms with E-state index in [2.05, 4.69) is 27.7 Å². The lowest BCUT2D eigenvalue weighted by molar-refractivity contribution is 0.0934. The zero-order chi connectivity index (χ0) is 20.1. The van der Waals surface area contributed by atoms with Gasteiger partial charge < -0.3 is 20.5 Å². The number of methoxy groups -OCH3 is 1. The van der Waals surface area contributed by atoms with E-state index in [4.69, 9.17) is 16.3 Å². The summed E-state index contributed by atoms with van der Waals surface area (Å²) in [6, 6.07) is 13.4. The number of carbonyl (C=O) groups is 1. The second kappa shape index (κ2) is 9.28. The summed E-state index contributed by atoms with van der Waals surface area (Å²) in [7, 11) is 3.29. The molecule has 1 amide bonds. The fourth-order valence-electron chi connectivity index (χ4n) is 3.64. The number of hydrogen-bond donors (Lipinski definition) is 3. The maximum absolute atomic E-state index is 12.8. The van der Waals surface area contributed by atoms with Crippen molar-refractivity contribution in [3.05, 3.63) is 58.6 Å². The van der Waals surface area contributed by atoms with E-state index in [1.807, 2.05) is 18.2 Å². The molecule has 3 rings (SSSR count). The van der Waals surface area contributed by atoms with E-state index in [-0.39, 0.29) is 24.6 Å². The minimum absolute atomic E-state index is 0.0163. The highest BCUT2D eigenvalue weighted by atomic mass is 35.5. The van der Waals surface area contributed by atoms with Crippen LogP contribution in [0.3, 0.4) is 0 Å². The van der Waals surface area contributed by atoms with Gasteiger partial charge in [-0.15, -0.1) is 0 Å². The van der Waals surface area contributed by atoms with Gasteiger partial charge in [0.25, 0.3) is 5.91 Å². The van der Waals surface area contributed by atoms with Crippen molar-refractivity contribution in [3.8, 4) is 5.75 Å². The minimum atomic E-state index is -0.232. The van der Waals surface area contributed by atoms with Crippen molar-refractivity contribution in [1.29, 1.82) is 0 Å². The monoisotopic (exact) mass is 403 g/mol. The summed E-state index contributed by atoms with van der Waals surface area (Å²) in [5.74, 6) is 0.230. The maximum atomic E-state index is 12.8. The molecule has 2 aromatic carbocycles. The number of likely N-dealkylation sites (tertiary alicyclic amines) is 1. The van der Waals surface area contributed by atoms with Gasteiger partial charge >= 0.3 is 0 Å². The van der Waals surface area contributed by atoms with E-state index >= 15 is 0 Å². The Morgan fingerprint density at radius 3 is 2.71 bits per heavy atom. The molecule has 1 fully saturated rings. The Bertz CT molecular complexity index is 816. The van der Waals surface area contributed by atoms with Gasteiger partial charge in [-0.05, 0) is 18.1 Å². The Kier molecular flexibility index (Phi) is 6.78. The number of anilines is 1. The highest BCUT2D eigenvalue weighted by Crippen LogP contribution is 2.31. The summed E-state index contributed by atoms with van der Waals surface area (Å²) in [5, 5.41) is 16.3. The van der Waals surface area contributed by atoms with Crippen LogP contribution in [0.5, 0.6) is 5.75 Å². The molecule has 0 aromatic heterocycles. The molecule has 7 heteroatoms. The van der Waals surface area contributed by atoms with E-state index in [9.17, 15) is 9.90 Å². The Labute approximate surface area is 170 Å². The van der Waals surface area contributed by atoms with Crippen LogP contribution in [0.15, 0.2) is 42.5 Å². The Balaban J connectivity index is 1.70. The number of halogens is 1. The van der Waals surface area contributed by atoms with Crippen LogP contribution in [0.2, 0.25) is 5.02 Å². The molecule has 1 aliphatic rings. The first-order chi connectivity index (χ1) is 13.5. The fourth-order valence-corrected chi connectivity index (χ4v) is 3.90. The lowest BCUT2D eigenvalue weighted by Gasteiger charge is -2.22. The van der Waals surface area contributed by atoms with Gasteiger partial charge in [0.2, 0.25) is 0 Å². The van der Waals surface area contributed by atoms with Crippen molar-refractivity contribution in [3.63, 3.8) is 0 Å². The third-order valence-corrected chi connectivity index (χ3v) is 5.42. The summed E-state index contributed by atoms with van der Waals surface area (Å²) in [5.41, 5.74) is 2.28. The highest BCUT2D eigenvalue weighted by molar-refractivity contribution is 6.33. The number of benzene rings is 2. The predicted octanol–water partition coefficient (Wildman–Crippen LogP) is 2.76. The molecule has 150 valence electrons.